The maximum absolute atomic E-state index is 11.2. The summed E-state index contributed by atoms with van der Waals surface area (Å²) in [5.74, 6) is 1.58. The Kier molecular flexibility index (Phi) is 4.12. The molecule has 1 N–H and O–H groups in total. The molecule has 0 saturated carbocycles. The van der Waals surface area contributed by atoms with Gasteiger partial charge in [-0.05, 0) is 39.8 Å². The van der Waals surface area contributed by atoms with Gasteiger partial charge in [0.2, 0.25) is 0 Å². The minimum atomic E-state index is -0.0180. The molecule has 0 bridgehead atoms. The maximum Gasteiger partial charge on any atom is 0.161 e. The van der Waals surface area contributed by atoms with Crippen molar-refractivity contribution in [2.45, 2.75) is 39.8 Å². The number of anilines is 1. The van der Waals surface area contributed by atoms with Gasteiger partial charge >= 0.3 is 0 Å². The summed E-state index contributed by atoms with van der Waals surface area (Å²) < 4.78 is 2.02. The molecule has 106 valence electrons. The molecule has 6 heteroatoms. The predicted octanol–water partition coefficient (Wildman–Crippen LogP) is 2.63. The fraction of sp³-hybridized carbons (Fsp3) is 0.429. The quantitative estimate of drug-likeness (QED) is 0.848. The zero-order valence-corrected chi connectivity index (χ0v) is 12.2. The van der Waals surface area contributed by atoms with Gasteiger partial charge in [-0.15, -0.1) is 10.2 Å². The molecule has 20 heavy (non-hydrogen) atoms. The van der Waals surface area contributed by atoms with Gasteiger partial charge in [-0.1, -0.05) is 0 Å². The zero-order chi connectivity index (χ0) is 14.7. The van der Waals surface area contributed by atoms with E-state index >= 15 is 0 Å². The summed E-state index contributed by atoms with van der Waals surface area (Å²) in [7, 11) is 0. The van der Waals surface area contributed by atoms with Crippen LogP contribution in [0.1, 0.15) is 56.0 Å². The summed E-state index contributed by atoms with van der Waals surface area (Å²) >= 11 is 0. The van der Waals surface area contributed by atoms with E-state index in [2.05, 4.69) is 34.3 Å². The third-order valence-corrected chi connectivity index (χ3v) is 3.08. The van der Waals surface area contributed by atoms with E-state index in [4.69, 9.17) is 0 Å². The standard InChI is InChI=1S/C14H19N5O/c1-9(2)19-8-16-18-14(19)10(3)17-13-6-5-12(7-15-13)11(4)20/h5-10H,1-4H3,(H,15,17). The minimum Gasteiger partial charge on any atom is -0.360 e. The lowest BCUT2D eigenvalue weighted by atomic mass is 10.2. The predicted molar refractivity (Wildman–Crippen MR) is 76.7 cm³/mol. The molecule has 0 aliphatic carbocycles. The Morgan fingerprint density at radius 2 is 2.05 bits per heavy atom. The van der Waals surface area contributed by atoms with Crippen molar-refractivity contribution in [1.82, 2.24) is 19.7 Å². The molecule has 0 aliphatic rings. The summed E-state index contributed by atoms with van der Waals surface area (Å²) in [6.45, 7) is 7.69. The summed E-state index contributed by atoms with van der Waals surface area (Å²) in [6, 6.07) is 3.84. The van der Waals surface area contributed by atoms with Crippen LogP contribution >= 0.6 is 0 Å². The second-order valence-electron chi connectivity index (χ2n) is 5.04. The van der Waals surface area contributed by atoms with E-state index in [1.165, 1.54) is 6.92 Å². The SMILES string of the molecule is CC(=O)c1ccc(NC(C)c2nncn2C(C)C)nc1. The van der Waals surface area contributed by atoms with E-state index in [1.54, 1.807) is 24.7 Å². The van der Waals surface area contributed by atoms with Crippen molar-refractivity contribution in [3.8, 4) is 0 Å². The first kappa shape index (κ1) is 14.2. The Morgan fingerprint density at radius 1 is 1.30 bits per heavy atom. The number of hydrogen-bond donors (Lipinski definition) is 1. The van der Waals surface area contributed by atoms with E-state index in [0.717, 1.165) is 5.82 Å². The molecule has 0 amide bonds. The van der Waals surface area contributed by atoms with Gasteiger partial charge < -0.3 is 9.88 Å². The second-order valence-corrected chi connectivity index (χ2v) is 5.04. The number of aromatic nitrogens is 4. The largest absolute Gasteiger partial charge is 0.360 e. The molecule has 1 unspecified atom stereocenters. The van der Waals surface area contributed by atoms with Crippen molar-refractivity contribution in [2.75, 3.05) is 5.32 Å². The molecule has 2 heterocycles. The fourth-order valence-electron chi connectivity index (χ4n) is 1.93. The lowest BCUT2D eigenvalue weighted by Gasteiger charge is -2.17. The van der Waals surface area contributed by atoms with Crippen molar-refractivity contribution < 1.29 is 4.79 Å². The van der Waals surface area contributed by atoms with Crippen molar-refractivity contribution >= 4 is 11.6 Å². The molecular formula is C14H19N5O. The summed E-state index contributed by atoms with van der Waals surface area (Å²) in [5.41, 5.74) is 0.605. The average molecular weight is 273 g/mol. The first-order valence-corrected chi connectivity index (χ1v) is 6.62. The molecule has 2 aromatic rings. The molecule has 0 spiro atoms. The van der Waals surface area contributed by atoms with E-state index < -0.39 is 0 Å². The normalized spacial score (nSPS) is 12.4. The van der Waals surface area contributed by atoms with Crippen molar-refractivity contribution in [2.24, 2.45) is 0 Å². The average Bonchev–Trinajstić information content (AvgIpc) is 2.88. The van der Waals surface area contributed by atoms with E-state index in [-0.39, 0.29) is 11.8 Å². The molecule has 2 aromatic heterocycles. The number of hydrogen-bond acceptors (Lipinski definition) is 5. The van der Waals surface area contributed by atoms with Crippen LogP contribution < -0.4 is 5.32 Å². The van der Waals surface area contributed by atoms with Crippen LogP contribution in [0.5, 0.6) is 0 Å². The van der Waals surface area contributed by atoms with Crippen molar-refractivity contribution in [3.05, 3.63) is 36.0 Å². The highest BCUT2D eigenvalue weighted by molar-refractivity contribution is 5.93. The van der Waals surface area contributed by atoms with Crippen molar-refractivity contribution in [1.29, 1.82) is 0 Å². The number of nitrogens with zero attached hydrogens (tertiary/aromatic N) is 4. The van der Waals surface area contributed by atoms with Gasteiger partial charge in [-0.2, -0.15) is 0 Å². The highest BCUT2D eigenvalue weighted by Gasteiger charge is 2.15. The first-order valence-electron chi connectivity index (χ1n) is 6.62. The topological polar surface area (TPSA) is 72.7 Å². The van der Waals surface area contributed by atoms with Crippen LogP contribution in [0.15, 0.2) is 24.7 Å². The molecule has 0 fully saturated rings. The summed E-state index contributed by atoms with van der Waals surface area (Å²) in [4.78, 5) is 15.4. The summed E-state index contributed by atoms with van der Waals surface area (Å²) in [5, 5.41) is 11.4. The lowest BCUT2D eigenvalue weighted by Crippen LogP contribution is -2.15. The molecular weight excluding hydrogens is 254 g/mol. The molecule has 0 aliphatic heterocycles. The first-order chi connectivity index (χ1) is 9.49. The Bertz CT molecular complexity index is 588. The fourth-order valence-corrected chi connectivity index (χ4v) is 1.93. The Labute approximate surface area is 118 Å². The number of Topliss-reactive ketones (excluding diaryl/α,β-unsaturated/α-hetero) is 1. The van der Waals surface area contributed by atoms with E-state index in [9.17, 15) is 4.79 Å². The van der Waals surface area contributed by atoms with Crippen LogP contribution in [0.2, 0.25) is 0 Å². The van der Waals surface area contributed by atoms with Crippen LogP contribution in [-0.2, 0) is 0 Å². The van der Waals surface area contributed by atoms with Gasteiger partial charge in [0.1, 0.15) is 12.1 Å². The van der Waals surface area contributed by atoms with Gasteiger partial charge in [0.05, 0.1) is 6.04 Å². The zero-order valence-electron chi connectivity index (χ0n) is 12.2. The number of carbonyl (C=O) groups excluding carboxylic acids is 1. The maximum atomic E-state index is 11.2. The second kappa shape index (κ2) is 5.81. The van der Waals surface area contributed by atoms with Gasteiger partial charge in [0, 0.05) is 17.8 Å². The smallest absolute Gasteiger partial charge is 0.161 e. The Morgan fingerprint density at radius 3 is 2.60 bits per heavy atom. The molecule has 6 nitrogen and oxygen atoms in total. The van der Waals surface area contributed by atoms with Gasteiger partial charge in [0.25, 0.3) is 0 Å². The molecule has 0 saturated heterocycles. The van der Waals surface area contributed by atoms with Crippen LogP contribution in [0.4, 0.5) is 5.82 Å². The monoisotopic (exact) mass is 273 g/mol. The van der Waals surface area contributed by atoms with E-state index in [0.29, 0.717) is 17.4 Å². The van der Waals surface area contributed by atoms with E-state index in [1.807, 2.05) is 11.5 Å². The molecule has 0 aromatic carbocycles. The van der Waals surface area contributed by atoms with Crippen LogP contribution in [0.3, 0.4) is 0 Å². The molecule has 2 rings (SSSR count). The highest BCUT2D eigenvalue weighted by Crippen LogP contribution is 2.18. The molecule has 1 atom stereocenters. The van der Waals surface area contributed by atoms with Crippen LogP contribution in [0.25, 0.3) is 0 Å². The lowest BCUT2D eigenvalue weighted by molar-refractivity contribution is 0.101. The summed E-state index contributed by atoms with van der Waals surface area (Å²) in [6.07, 6.45) is 3.30. The molecule has 0 radical (unpaired) electrons. The van der Waals surface area contributed by atoms with Crippen LogP contribution in [0, 0.1) is 0 Å². The Balaban J connectivity index is 2.13. The Hall–Kier alpha value is -2.24. The number of carbonyl (C=O) groups is 1. The minimum absolute atomic E-state index is 0.0108. The number of rotatable bonds is 5. The number of ketones is 1. The van der Waals surface area contributed by atoms with Gasteiger partial charge in [0.15, 0.2) is 11.6 Å². The number of nitrogens with one attached hydrogen (secondary N) is 1. The van der Waals surface area contributed by atoms with Gasteiger partial charge in [-0.3, -0.25) is 4.79 Å². The third-order valence-electron chi connectivity index (χ3n) is 3.08. The van der Waals surface area contributed by atoms with Gasteiger partial charge in [-0.25, -0.2) is 4.98 Å². The highest BCUT2D eigenvalue weighted by atomic mass is 16.1. The number of pyridine rings is 1. The van der Waals surface area contributed by atoms with Crippen LogP contribution in [-0.4, -0.2) is 25.5 Å². The van der Waals surface area contributed by atoms with Crippen molar-refractivity contribution in [3.63, 3.8) is 0 Å². The third kappa shape index (κ3) is 3.01.